The van der Waals surface area contributed by atoms with Crippen molar-refractivity contribution in [2.45, 2.75) is 65.0 Å². The number of benzene rings is 1. The third-order valence-electron chi connectivity index (χ3n) is 6.00. The maximum atomic E-state index is 3.93. The van der Waals surface area contributed by atoms with Crippen molar-refractivity contribution in [1.82, 2.24) is 10.2 Å². The van der Waals surface area contributed by atoms with Crippen LogP contribution in [-0.4, -0.2) is 30.1 Å². The standard InChI is InChI=1S/C21H34N2/c1-18-9-10-21(12-11-20(2,3)15-18)17-23(14-13-22-21)16-19-7-5-4-6-8-19/h4-8,18,22H,9-17H2,1-3H3. The Morgan fingerprint density at radius 1 is 1.13 bits per heavy atom. The van der Waals surface area contributed by atoms with Gasteiger partial charge >= 0.3 is 0 Å². The predicted octanol–water partition coefficient (Wildman–Crippen LogP) is 4.46. The van der Waals surface area contributed by atoms with Gasteiger partial charge in [-0.1, -0.05) is 51.1 Å². The van der Waals surface area contributed by atoms with E-state index in [0.717, 1.165) is 19.0 Å². The van der Waals surface area contributed by atoms with Crippen LogP contribution in [0.1, 0.15) is 58.4 Å². The Labute approximate surface area is 142 Å². The van der Waals surface area contributed by atoms with Crippen molar-refractivity contribution in [3.05, 3.63) is 35.9 Å². The van der Waals surface area contributed by atoms with Gasteiger partial charge in [-0.2, -0.15) is 0 Å². The van der Waals surface area contributed by atoms with E-state index < -0.39 is 0 Å². The van der Waals surface area contributed by atoms with Gasteiger partial charge in [-0.15, -0.1) is 0 Å². The lowest BCUT2D eigenvalue weighted by atomic mass is 9.70. The Bertz CT molecular complexity index is 496. The van der Waals surface area contributed by atoms with Crippen molar-refractivity contribution in [1.29, 1.82) is 0 Å². The molecule has 1 aliphatic heterocycles. The average molecular weight is 315 g/mol. The van der Waals surface area contributed by atoms with Crippen molar-refractivity contribution in [2.75, 3.05) is 19.6 Å². The Morgan fingerprint density at radius 3 is 2.70 bits per heavy atom. The fraction of sp³-hybridized carbons (Fsp3) is 0.714. The second-order valence-electron chi connectivity index (χ2n) is 8.92. The molecule has 1 heterocycles. The van der Waals surface area contributed by atoms with Crippen molar-refractivity contribution in [3.8, 4) is 0 Å². The highest BCUT2D eigenvalue weighted by Gasteiger charge is 2.38. The smallest absolute Gasteiger partial charge is 0.0309 e. The van der Waals surface area contributed by atoms with Crippen molar-refractivity contribution in [2.24, 2.45) is 11.3 Å². The first-order chi connectivity index (χ1) is 11.0. The molecule has 0 bridgehead atoms. The van der Waals surface area contributed by atoms with E-state index in [0.29, 0.717) is 11.0 Å². The van der Waals surface area contributed by atoms with Gasteiger partial charge in [-0.3, -0.25) is 4.90 Å². The Kier molecular flexibility index (Phi) is 5.13. The predicted molar refractivity (Wildman–Crippen MR) is 98.5 cm³/mol. The zero-order valence-electron chi connectivity index (χ0n) is 15.3. The number of nitrogens with zero attached hydrogens (tertiary/aromatic N) is 1. The maximum Gasteiger partial charge on any atom is 0.0309 e. The minimum Gasteiger partial charge on any atom is -0.309 e. The highest BCUT2D eigenvalue weighted by molar-refractivity contribution is 5.15. The lowest BCUT2D eigenvalue weighted by molar-refractivity contribution is 0.0750. The molecule has 1 aliphatic carbocycles. The fourth-order valence-corrected chi connectivity index (χ4v) is 4.73. The largest absolute Gasteiger partial charge is 0.309 e. The molecule has 1 N–H and O–H groups in total. The fourth-order valence-electron chi connectivity index (χ4n) is 4.73. The summed E-state index contributed by atoms with van der Waals surface area (Å²) in [7, 11) is 0. The van der Waals surface area contributed by atoms with Crippen LogP contribution < -0.4 is 5.32 Å². The van der Waals surface area contributed by atoms with Gasteiger partial charge in [0.05, 0.1) is 0 Å². The molecule has 1 aromatic carbocycles. The molecule has 1 saturated carbocycles. The summed E-state index contributed by atoms with van der Waals surface area (Å²) in [5, 5.41) is 3.93. The van der Waals surface area contributed by atoms with Crippen molar-refractivity contribution >= 4 is 0 Å². The lowest BCUT2D eigenvalue weighted by Crippen LogP contribution is -2.60. The molecule has 2 unspecified atom stereocenters. The van der Waals surface area contributed by atoms with E-state index >= 15 is 0 Å². The summed E-state index contributed by atoms with van der Waals surface area (Å²) in [5.74, 6) is 0.855. The molecule has 0 radical (unpaired) electrons. The van der Waals surface area contributed by atoms with Crippen LogP contribution in [0.15, 0.2) is 30.3 Å². The summed E-state index contributed by atoms with van der Waals surface area (Å²) < 4.78 is 0. The van der Waals surface area contributed by atoms with Crippen LogP contribution in [0.5, 0.6) is 0 Å². The highest BCUT2D eigenvalue weighted by Crippen LogP contribution is 2.40. The van der Waals surface area contributed by atoms with Crippen molar-refractivity contribution < 1.29 is 0 Å². The summed E-state index contributed by atoms with van der Waals surface area (Å²) in [6.07, 6.45) is 6.78. The molecule has 1 saturated heterocycles. The second-order valence-corrected chi connectivity index (χ2v) is 8.92. The number of hydrogen-bond acceptors (Lipinski definition) is 2. The van der Waals surface area contributed by atoms with Gasteiger partial charge in [-0.25, -0.2) is 0 Å². The van der Waals surface area contributed by atoms with Gasteiger partial charge in [0.1, 0.15) is 0 Å². The zero-order valence-corrected chi connectivity index (χ0v) is 15.3. The topological polar surface area (TPSA) is 15.3 Å². The Hall–Kier alpha value is -0.860. The van der Waals surface area contributed by atoms with E-state index in [-0.39, 0.29) is 0 Å². The Morgan fingerprint density at radius 2 is 1.91 bits per heavy atom. The molecule has 2 aliphatic rings. The Balaban J connectivity index is 1.68. The van der Waals surface area contributed by atoms with Gasteiger partial charge in [0, 0.05) is 31.7 Å². The number of nitrogens with one attached hydrogen (secondary N) is 1. The summed E-state index contributed by atoms with van der Waals surface area (Å²) >= 11 is 0. The zero-order chi connectivity index (χ0) is 16.3. The van der Waals surface area contributed by atoms with Crippen LogP contribution in [0.3, 0.4) is 0 Å². The van der Waals surface area contributed by atoms with E-state index in [4.69, 9.17) is 0 Å². The van der Waals surface area contributed by atoms with Crippen LogP contribution in [0.2, 0.25) is 0 Å². The normalized spacial score (nSPS) is 32.4. The van der Waals surface area contributed by atoms with Gasteiger partial charge in [0.25, 0.3) is 0 Å². The van der Waals surface area contributed by atoms with Crippen LogP contribution in [-0.2, 0) is 6.54 Å². The minimum absolute atomic E-state index is 0.346. The van der Waals surface area contributed by atoms with E-state index in [1.807, 2.05) is 0 Å². The van der Waals surface area contributed by atoms with Gasteiger partial charge in [0.2, 0.25) is 0 Å². The third kappa shape index (κ3) is 4.58. The monoisotopic (exact) mass is 314 g/mol. The van der Waals surface area contributed by atoms with E-state index in [1.54, 1.807) is 0 Å². The highest BCUT2D eigenvalue weighted by atomic mass is 15.2. The summed E-state index contributed by atoms with van der Waals surface area (Å²) in [6.45, 7) is 12.0. The molecule has 23 heavy (non-hydrogen) atoms. The average Bonchev–Trinajstić information content (AvgIpc) is 2.52. The molecule has 1 aromatic rings. The molecule has 3 rings (SSSR count). The van der Waals surface area contributed by atoms with Crippen LogP contribution in [0.4, 0.5) is 0 Å². The van der Waals surface area contributed by atoms with Crippen LogP contribution >= 0.6 is 0 Å². The van der Waals surface area contributed by atoms with Gasteiger partial charge in [-0.05, 0) is 49.0 Å². The van der Waals surface area contributed by atoms with Gasteiger partial charge in [0.15, 0.2) is 0 Å². The van der Waals surface area contributed by atoms with Crippen LogP contribution in [0, 0.1) is 11.3 Å². The van der Waals surface area contributed by atoms with Gasteiger partial charge < -0.3 is 5.32 Å². The molecule has 2 atom stereocenters. The summed E-state index contributed by atoms with van der Waals surface area (Å²) in [6, 6.07) is 11.0. The molecule has 2 heteroatoms. The maximum absolute atomic E-state index is 3.93. The number of rotatable bonds is 2. The van der Waals surface area contributed by atoms with E-state index in [1.165, 1.54) is 50.8 Å². The second kappa shape index (κ2) is 6.94. The SMILES string of the molecule is CC1CCC2(CCC(C)(C)C1)CN(Cc1ccccc1)CCN2. The first-order valence-electron chi connectivity index (χ1n) is 9.48. The molecule has 0 amide bonds. The summed E-state index contributed by atoms with van der Waals surface area (Å²) in [4.78, 5) is 2.67. The number of hydrogen-bond donors (Lipinski definition) is 1. The molecular formula is C21H34N2. The molecule has 2 fully saturated rings. The first-order valence-corrected chi connectivity index (χ1v) is 9.48. The van der Waals surface area contributed by atoms with Crippen LogP contribution in [0.25, 0.3) is 0 Å². The first kappa shape index (κ1) is 17.0. The molecule has 1 spiro atoms. The minimum atomic E-state index is 0.346. The lowest BCUT2D eigenvalue weighted by Gasteiger charge is -2.47. The molecule has 0 aromatic heterocycles. The molecular weight excluding hydrogens is 280 g/mol. The summed E-state index contributed by atoms with van der Waals surface area (Å²) in [5.41, 5.74) is 2.29. The van der Waals surface area contributed by atoms with Crippen molar-refractivity contribution in [3.63, 3.8) is 0 Å². The number of piperazine rings is 1. The molecule has 128 valence electrons. The quantitative estimate of drug-likeness (QED) is 0.867. The third-order valence-corrected chi connectivity index (χ3v) is 6.00. The van der Waals surface area contributed by atoms with E-state index in [9.17, 15) is 0 Å². The molecule has 2 nitrogen and oxygen atoms in total. The van der Waals surface area contributed by atoms with E-state index in [2.05, 4.69) is 61.3 Å².